The summed E-state index contributed by atoms with van der Waals surface area (Å²) in [6.45, 7) is 6.59. The van der Waals surface area contributed by atoms with Crippen LogP contribution in [0, 0.1) is 4.77 Å². The van der Waals surface area contributed by atoms with E-state index < -0.39 is 0 Å². The van der Waals surface area contributed by atoms with E-state index in [0.29, 0.717) is 35.4 Å². The molecular formula is C21H26N4O3S. The number of fused-ring (bicyclic) bond motifs is 1. The molecule has 7 nitrogen and oxygen atoms in total. The molecule has 3 aromatic rings. The van der Waals surface area contributed by atoms with Crippen LogP contribution < -0.4 is 10.9 Å². The molecule has 154 valence electrons. The fourth-order valence-corrected chi connectivity index (χ4v) is 3.31. The van der Waals surface area contributed by atoms with Crippen molar-refractivity contribution in [1.29, 1.82) is 0 Å². The van der Waals surface area contributed by atoms with Gasteiger partial charge in [-0.1, -0.05) is 44.5 Å². The molecule has 8 heteroatoms. The highest BCUT2D eigenvalue weighted by molar-refractivity contribution is 7.71. The maximum atomic E-state index is 12.6. The molecule has 0 aliphatic heterocycles. The van der Waals surface area contributed by atoms with Gasteiger partial charge in [0.2, 0.25) is 5.91 Å². The summed E-state index contributed by atoms with van der Waals surface area (Å²) in [6, 6.07) is 9.09. The minimum Gasteiger partial charge on any atom is -0.359 e. The highest BCUT2D eigenvalue weighted by Crippen LogP contribution is 2.24. The number of aromatic amines is 1. The molecule has 0 saturated carbocycles. The first-order valence-electron chi connectivity index (χ1n) is 9.74. The Hall–Kier alpha value is -2.74. The molecule has 29 heavy (non-hydrogen) atoms. The highest BCUT2D eigenvalue weighted by atomic mass is 32.1. The zero-order chi connectivity index (χ0) is 21.0. The smallest absolute Gasteiger partial charge is 0.262 e. The van der Waals surface area contributed by atoms with Crippen molar-refractivity contribution in [1.82, 2.24) is 14.7 Å². The van der Waals surface area contributed by atoms with Crippen LogP contribution in [-0.4, -0.2) is 20.6 Å². The van der Waals surface area contributed by atoms with E-state index in [-0.39, 0.29) is 16.9 Å². The number of amides is 1. The summed E-state index contributed by atoms with van der Waals surface area (Å²) in [5.41, 5.74) is 0.512. The average Bonchev–Trinajstić information content (AvgIpc) is 3.12. The van der Waals surface area contributed by atoms with E-state index in [0.717, 1.165) is 24.1 Å². The number of aromatic nitrogens is 3. The van der Waals surface area contributed by atoms with Crippen molar-refractivity contribution < 1.29 is 9.32 Å². The van der Waals surface area contributed by atoms with Gasteiger partial charge in [0.25, 0.3) is 5.56 Å². The summed E-state index contributed by atoms with van der Waals surface area (Å²) in [6.07, 6.45) is 2.68. The number of unbranched alkanes of at least 4 members (excludes halogenated alkanes) is 2. The number of H-pyrrole nitrogens is 1. The van der Waals surface area contributed by atoms with Gasteiger partial charge in [-0.2, -0.15) is 0 Å². The molecular weight excluding hydrogens is 388 g/mol. The number of benzene rings is 1. The number of nitrogens with zero attached hydrogens (tertiary/aromatic N) is 2. The third-order valence-electron chi connectivity index (χ3n) is 4.69. The van der Waals surface area contributed by atoms with Crippen molar-refractivity contribution in [3.05, 3.63) is 51.2 Å². The molecule has 0 aliphatic rings. The Morgan fingerprint density at radius 3 is 2.72 bits per heavy atom. The fraction of sp³-hybridized carbons (Fsp3) is 0.429. The van der Waals surface area contributed by atoms with Crippen molar-refractivity contribution in [2.75, 3.05) is 5.32 Å². The van der Waals surface area contributed by atoms with E-state index in [9.17, 15) is 9.59 Å². The summed E-state index contributed by atoms with van der Waals surface area (Å²) in [5, 5.41) is 7.28. The molecule has 3 rings (SSSR count). The fourth-order valence-electron chi connectivity index (χ4n) is 3.03. The molecule has 0 aliphatic carbocycles. The van der Waals surface area contributed by atoms with Crippen molar-refractivity contribution >= 4 is 34.8 Å². The van der Waals surface area contributed by atoms with E-state index in [1.165, 1.54) is 0 Å². The lowest BCUT2D eigenvalue weighted by molar-refractivity contribution is -0.116. The van der Waals surface area contributed by atoms with Gasteiger partial charge in [-0.05, 0) is 37.2 Å². The third-order valence-corrected chi connectivity index (χ3v) is 5.01. The molecule has 0 radical (unpaired) electrons. The van der Waals surface area contributed by atoms with Crippen molar-refractivity contribution in [2.24, 2.45) is 0 Å². The lowest BCUT2D eigenvalue weighted by Crippen LogP contribution is -2.22. The van der Waals surface area contributed by atoms with Crippen LogP contribution in [0.3, 0.4) is 0 Å². The van der Waals surface area contributed by atoms with Gasteiger partial charge < -0.3 is 14.8 Å². The van der Waals surface area contributed by atoms with Gasteiger partial charge in [-0.15, -0.1) is 0 Å². The van der Waals surface area contributed by atoms with E-state index in [4.69, 9.17) is 16.7 Å². The Kier molecular flexibility index (Phi) is 6.32. The van der Waals surface area contributed by atoms with Crippen LogP contribution in [0.25, 0.3) is 10.9 Å². The molecule has 0 atom stereocenters. The van der Waals surface area contributed by atoms with E-state index in [2.05, 4.69) is 15.5 Å². The van der Waals surface area contributed by atoms with Crippen LogP contribution in [0.1, 0.15) is 52.2 Å². The largest absolute Gasteiger partial charge is 0.359 e. The number of hydrogen-bond donors (Lipinski definition) is 2. The molecule has 1 amide bonds. The first-order chi connectivity index (χ1) is 13.8. The van der Waals surface area contributed by atoms with Crippen LogP contribution in [0.5, 0.6) is 0 Å². The Morgan fingerprint density at radius 2 is 2.00 bits per heavy atom. The second-order valence-corrected chi connectivity index (χ2v) is 8.50. The predicted octanol–water partition coefficient (Wildman–Crippen LogP) is 4.54. The van der Waals surface area contributed by atoms with Crippen LogP contribution >= 0.6 is 12.2 Å². The molecule has 0 bridgehead atoms. The van der Waals surface area contributed by atoms with Gasteiger partial charge >= 0.3 is 0 Å². The number of nitrogens with one attached hydrogen (secondary N) is 2. The molecule has 2 N–H and O–H groups in total. The normalized spacial score (nSPS) is 11.7. The van der Waals surface area contributed by atoms with E-state index in [1.807, 2.05) is 39.0 Å². The summed E-state index contributed by atoms with van der Waals surface area (Å²) in [7, 11) is 0. The van der Waals surface area contributed by atoms with Gasteiger partial charge in [-0.25, -0.2) is 0 Å². The Balaban J connectivity index is 1.47. The van der Waals surface area contributed by atoms with Crippen LogP contribution in [0.15, 0.2) is 39.6 Å². The van der Waals surface area contributed by atoms with E-state index in [1.54, 1.807) is 16.7 Å². The van der Waals surface area contributed by atoms with E-state index >= 15 is 0 Å². The number of carbonyl (C=O) groups excluding carboxylic acids is 1. The molecule has 0 saturated heterocycles. The van der Waals surface area contributed by atoms with Gasteiger partial charge in [0.1, 0.15) is 5.76 Å². The van der Waals surface area contributed by atoms with Crippen molar-refractivity contribution in [3.63, 3.8) is 0 Å². The van der Waals surface area contributed by atoms with Crippen LogP contribution in [-0.2, 0) is 16.8 Å². The maximum Gasteiger partial charge on any atom is 0.262 e. The molecule has 1 aromatic carbocycles. The van der Waals surface area contributed by atoms with Crippen molar-refractivity contribution in [2.45, 2.75) is 58.4 Å². The molecule has 0 unspecified atom stereocenters. The lowest BCUT2D eigenvalue weighted by atomic mass is 9.93. The maximum absolute atomic E-state index is 12.6. The van der Waals surface area contributed by atoms with Crippen LogP contribution in [0.4, 0.5) is 5.82 Å². The number of carbonyl (C=O) groups is 1. The summed E-state index contributed by atoms with van der Waals surface area (Å²) in [4.78, 5) is 27.8. The minimum atomic E-state index is -0.155. The Labute approximate surface area is 174 Å². The van der Waals surface area contributed by atoms with Gasteiger partial charge in [-0.3, -0.25) is 14.2 Å². The van der Waals surface area contributed by atoms with Gasteiger partial charge in [0, 0.05) is 24.4 Å². The number of para-hydroxylation sites is 1. The highest BCUT2D eigenvalue weighted by Gasteiger charge is 2.20. The summed E-state index contributed by atoms with van der Waals surface area (Å²) in [5.74, 6) is 1.07. The average molecular weight is 415 g/mol. The molecule has 2 heterocycles. The van der Waals surface area contributed by atoms with Crippen LogP contribution in [0.2, 0.25) is 0 Å². The first kappa shape index (κ1) is 21.0. The minimum absolute atomic E-state index is 0.0808. The predicted molar refractivity (Wildman–Crippen MR) is 116 cm³/mol. The summed E-state index contributed by atoms with van der Waals surface area (Å²) < 4.78 is 7.27. The number of hydrogen-bond acceptors (Lipinski definition) is 5. The second kappa shape index (κ2) is 8.73. The second-order valence-electron chi connectivity index (χ2n) is 8.12. The Bertz CT molecular complexity index is 1120. The molecule has 2 aromatic heterocycles. The summed E-state index contributed by atoms with van der Waals surface area (Å²) >= 11 is 5.31. The first-order valence-corrected chi connectivity index (χ1v) is 10.2. The van der Waals surface area contributed by atoms with Crippen molar-refractivity contribution in [3.8, 4) is 0 Å². The zero-order valence-corrected chi connectivity index (χ0v) is 17.8. The Morgan fingerprint density at radius 1 is 1.24 bits per heavy atom. The zero-order valence-electron chi connectivity index (χ0n) is 16.9. The number of anilines is 1. The lowest BCUT2D eigenvalue weighted by Gasteiger charge is -2.12. The van der Waals surface area contributed by atoms with Gasteiger partial charge in [0.05, 0.1) is 10.9 Å². The topological polar surface area (TPSA) is 92.9 Å². The van der Waals surface area contributed by atoms with Gasteiger partial charge in [0.15, 0.2) is 10.6 Å². The SMILES string of the molecule is CC(C)(C)c1cc(NC(=O)CCCCCn2c(=S)[nH]c3ccccc3c2=O)no1. The standard InChI is InChI=1S/C21H26N4O3S/c1-21(2,3)16-13-17(24-28-16)23-18(26)11-5-4-8-12-25-19(27)14-9-6-7-10-15(14)22-20(25)29/h6-7,9-10,13H,4-5,8,11-12H2,1-3H3,(H,22,29)(H,23,24,26). The molecule has 0 spiro atoms. The quantitative estimate of drug-likeness (QED) is 0.437. The third kappa shape index (κ3) is 5.20. The monoisotopic (exact) mass is 414 g/mol. The molecule has 0 fully saturated rings. The number of rotatable bonds is 7.